The van der Waals surface area contributed by atoms with E-state index < -0.39 is 15.7 Å². The fourth-order valence-electron chi connectivity index (χ4n) is 2.40. The van der Waals surface area contributed by atoms with E-state index in [1.807, 2.05) is 13.8 Å². The van der Waals surface area contributed by atoms with Crippen molar-refractivity contribution < 1.29 is 12.8 Å². The van der Waals surface area contributed by atoms with Gasteiger partial charge in [-0.25, -0.2) is 22.8 Å². The van der Waals surface area contributed by atoms with Crippen molar-refractivity contribution in [3.05, 3.63) is 46.9 Å². The Balaban J connectivity index is 2.27. The minimum Gasteiger partial charge on any atom is -0.269 e. The normalized spacial score (nSPS) is 11.9. The topological polar surface area (TPSA) is 77.7 Å². The zero-order valence-electron chi connectivity index (χ0n) is 14.3. The number of nitrogens with zero attached hydrogens (tertiary/aromatic N) is 4. The molecule has 0 spiro atoms. The molecule has 0 saturated carbocycles. The Morgan fingerprint density at radius 2 is 1.92 bits per heavy atom. The van der Waals surface area contributed by atoms with Gasteiger partial charge in [-0.15, -0.1) is 0 Å². The third kappa shape index (κ3) is 3.54. The molecule has 0 bridgehead atoms. The van der Waals surface area contributed by atoms with Gasteiger partial charge in [0.15, 0.2) is 0 Å². The maximum atomic E-state index is 14.6. The van der Waals surface area contributed by atoms with Crippen molar-refractivity contribution in [1.82, 2.24) is 19.7 Å². The summed E-state index contributed by atoms with van der Waals surface area (Å²) in [6.45, 7) is 3.89. The smallest absolute Gasteiger partial charge is 0.247 e. The highest BCUT2D eigenvalue weighted by Crippen LogP contribution is 2.34. The summed E-state index contributed by atoms with van der Waals surface area (Å²) in [5.74, 6) is -0.444. The monoisotopic (exact) mass is 438 g/mol. The molecular weight excluding hydrogens is 423 g/mol. The molecule has 0 unspecified atom stereocenters. The number of halogens is 2. The van der Waals surface area contributed by atoms with Gasteiger partial charge in [-0.1, -0.05) is 6.07 Å². The first-order valence-corrected chi connectivity index (χ1v) is 10.4. The molecule has 9 heteroatoms. The molecule has 0 aliphatic carbocycles. The number of hydrogen-bond acceptors (Lipinski definition) is 5. The van der Waals surface area contributed by atoms with E-state index >= 15 is 0 Å². The Morgan fingerprint density at radius 1 is 1.19 bits per heavy atom. The summed E-state index contributed by atoms with van der Waals surface area (Å²) in [6.07, 6.45) is 4.14. The maximum Gasteiger partial charge on any atom is 0.247 e. The highest BCUT2D eigenvalue weighted by atomic mass is 79.9. The van der Waals surface area contributed by atoms with Gasteiger partial charge >= 0.3 is 0 Å². The Bertz CT molecular complexity index is 1080. The fourth-order valence-corrected chi connectivity index (χ4v) is 3.28. The largest absolute Gasteiger partial charge is 0.269 e. The van der Waals surface area contributed by atoms with Crippen molar-refractivity contribution >= 4 is 25.8 Å². The zero-order valence-corrected chi connectivity index (χ0v) is 16.7. The number of benzene rings is 1. The number of hydrogen-bond donors (Lipinski definition) is 0. The predicted octanol–water partition coefficient (Wildman–Crippen LogP) is 3.89. The van der Waals surface area contributed by atoms with Gasteiger partial charge in [0.25, 0.3) is 0 Å². The number of sulfone groups is 1. The van der Waals surface area contributed by atoms with Gasteiger partial charge in [-0.2, -0.15) is 5.10 Å². The first-order chi connectivity index (χ1) is 12.2. The van der Waals surface area contributed by atoms with Gasteiger partial charge in [-0.3, -0.25) is 4.68 Å². The molecule has 3 aromatic rings. The molecule has 26 heavy (non-hydrogen) atoms. The number of aromatic nitrogens is 4. The van der Waals surface area contributed by atoms with E-state index in [0.29, 0.717) is 27.0 Å². The molecule has 3 rings (SSSR count). The molecule has 0 fully saturated rings. The van der Waals surface area contributed by atoms with Crippen molar-refractivity contribution in [2.24, 2.45) is 0 Å². The number of rotatable bonds is 4. The van der Waals surface area contributed by atoms with Gasteiger partial charge in [0, 0.05) is 35.8 Å². The lowest BCUT2D eigenvalue weighted by atomic mass is 10.1. The summed E-state index contributed by atoms with van der Waals surface area (Å²) in [7, 11) is -3.57. The second-order valence-electron chi connectivity index (χ2n) is 6.06. The van der Waals surface area contributed by atoms with E-state index in [-0.39, 0.29) is 11.2 Å². The van der Waals surface area contributed by atoms with Crippen LogP contribution in [0.2, 0.25) is 0 Å². The van der Waals surface area contributed by atoms with Gasteiger partial charge < -0.3 is 0 Å². The van der Waals surface area contributed by atoms with Crippen molar-refractivity contribution in [2.45, 2.75) is 25.0 Å². The maximum absolute atomic E-state index is 14.6. The molecule has 2 heterocycles. The van der Waals surface area contributed by atoms with Crippen LogP contribution in [0.1, 0.15) is 19.9 Å². The fraction of sp³-hybridized carbons (Fsp3) is 0.235. The van der Waals surface area contributed by atoms with Crippen molar-refractivity contribution in [1.29, 1.82) is 0 Å². The molecule has 0 atom stereocenters. The Kier molecular flexibility index (Phi) is 4.94. The van der Waals surface area contributed by atoms with Crippen LogP contribution in [0.5, 0.6) is 0 Å². The Hall–Kier alpha value is -2.13. The summed E-state index contributed by atoms with van der Waals surface area (Å²) < 4.78 is 40.2. The van der Waals surface area contributed by atoms with Gasteiger partial charge in [0.2, 0.25) is 15.0 Å². The van der Waals surface area contributed by atoms with Crippen LogP contribution >= 0.6 is 15.9 Å². The molecular formula is C17H16BrFN4O2S. The summed E-state index contributed by atoms with van der Waals surface area (Å²) in [4.78, 5) is 7.94. The lowest BCUT2D eigenvalue weighted by Crippen LogP contribution is -2.04. The summed E-state index contributed by atoms with van der Waals surface area (Å²) in [6, 6.07) is 6.55. The molecule has 0 aliphatic rings. The van der Waals surface area contributed by atoms with Gasteiger partial charge in [-0.05, 0) is 48.0 Å². The third-order valence-electron chi connectivity index (χ3n) is 3.71. The molecule has 2 aromatic heterocycles. The van der Waals surface area contributed by atoms with E-state index in [1.54, 1.807) is 35.1 Å². The molecule has 0 N–H and O–H groups in total. The van der Waals surface area contributed by atoms with E-state index in [1.165, 1.54) is 6.20 Å². The second-order valence-corrected chi connectivity index (χ2v) is 8.83. The van der Waals surface area contributed by atoms with Crippen molar-refractivity contribution in [3.8, 4) is 22.5 Å². The molecule has 6 nitrogen and oxygen atoms in total. The van der Waals surface area contributed by atoms with Crippen molar-refractivity contribution in [2.75, 3.05) is 6.26 Å². The van der Waals surface area contributed by atoms with Crippen LogP contribution in [0.15, 0.2) is 46.3 Å². The molecule has 0 saturated heterocycles. The third-order valence-corrected chi connectivity index (χ3v) is 5.18. The SMILES string of the molecule is CC(C)n1cc(-c2ccnc(S(C)(=O)=O)n2)c(-c2cccc(Br)c2F)n1. The van der Waals surface area contributed by atoms with Crippen LogP contribution in [0.25, 0.3) is 22.5 Å². The molecule has 0 radical (unpaired) electrons. The first kappa shape index (κ1) is 18.7. The summed E-state index contributed by atoms with van der Waals surface area (Å²) in [5, 5.41) is 4.21. The molecule has 0 amide bonds. The molecule has 1 aromatic carbocycles. The second kappa shape index (κ2) is 6.88. The van der Waals surface area contributed by atoms with Crippen molar-refractivity contribution in [3.63, 3.8) is 0 Å². The quantitative estimate of drug-likeness (QED) is 0.577. The van der Waals surface area contributed by atoms with Crippen LogP contribution in [0, 0.1) is 5.82 Å². The zero-order chi connectivity index (χ0) is 19.1. The van der Waals surface area contributed by atoms with Gasteiger partial charge in [0.1, 0.15) is 11.5 Å². The van der Waals surface area contributed by atoms with E-state index in [9.17, 15) is 12.8 Å². The van der Waals surface area contributed by atoms with Crippen LogP contribution in [-0.4, -0.2) is 34.4 Å². The highest BCUT2D eigenvalue weighted by molar-refractivity contribution is 9.10. The van der Waals surface area contributed by atoms with Gasteiger partial charge in [0.05, 0.1) is 10.2 Å². The van der Waals surface area contributed by atoms with Crippen LogP contribution < -0.4 is 0 Å². The summed E-state index contributed by atoms with van der Waals surface area (Å²) >= 11 is 3.18. The highest BCUT2D eigenvalue weighted by Gasteiger charge is 2.21. The lowest BCUT2D eigenvalue weighted by Gasteiger charge is -2.06. The minimum atomic E-state index is -3.57. The van der Waals surface area contributed by atoms with E-state index in [0.717, 1.165) is 6.26 Å². The average molecular weight is 439 g/mol. The Labute approximate surface area is 159 Å². The van der Waals surface area contributed by atoms with Crippen LogP contribution in [0.3, 0.4) is 0 Å². The first-order valence-electron chi connectivity index (χ1n) is 7.75. The lowest BCUT2D eigenvalue weighted by molar-refractivity contribution is 0.533. The van der Waals surface area contributed by atoms with E-state index in [4.69, 9.17) is 0 Å². The van der Waals surface area contributed by atoms with E-state index in [2.05, 4.69) is 31.0 Å². The predicted molar refractivity (Wildman–Crippen MR) is 99.8 cm³/mol. The van der Waals surface area contributed by atoms with Crippen LogP contribution in [0.4, 0.5) is 4.39 Å². The average Bonchev–Trinajstić information content (AvgIpc) is 3.02. The summed E-state index contributed by atoms with van der Waals surface area (Å²) in [5.41, 5.74) is 1.58. The Morgan fingerprint density at radius 3 is 2.58 bits per heavy atom. The minimum absolute atomic E-state index is 0.0360. The molecule has 136 valence electrons. The van der Waals surface area contributed by atoms with Crippen LogP contribution in [-0.2, 0) is 9.84 Å². The molecule has 0 aliphatic heterocycles. The standard InChI is InChI=1S/C17H16BrFN4O2S/c1-10(2)23-9-12(14-7-8-20-17(21-14)26(3,24)25)16(22-23)11-5-4-6-13(18)15(11)19/h4-10H,1-3H3.